The maximum Gasteiger partial charge on any atom is 0.416 e. The fourth-order valence-electron chi connectivity index (χ4n) is 3.66. The Morgan fingerprint density at radius 1 is 1.13 bits per heavy atom. The summed E-state index contributed by atoms with van der Waals surface area (Å²) in [5, 5.41) is 2.92. The summed E-state index contributed by atoms with van der Waals surface area (Å²) in [6.45, 7) is 3.22. The van der Waals surface area contributed by atoms with Gasteiger partial charge < -0.3 is 5.32 Å². The highest BCUT2D eigenvalue weighted by atomic mass is 19.4. The molecule has 23 heavy (non-hydrogen) atoms. The molecule has 126 valence electrons. The van der Waals surface area contributed by atoms with Crippen molar-refractivity contribution in [1.29, 1.82) is 0 Å². The Balaban J connectivity index is 1.60. The van der Waals surface area contributed by atoms with Gasteiger partial charge in [0.1, 0.15) is 0 Å². The summed E-state index contributed by atoms with van der Waals surface area (Å²) in [5.74, 6) is 1.09. The predicted octanol–water partition coefficient (Wildman–Crippen LogP) is 3.05. The number of carbonyl (C=O) groups is 1. The minimum atomic E-state index is -4.28. The molecule has 1 aromatic carbocycles. The molecule has 0 aliphatic carbocycles. The van der Waals surface area contributed by atoms with E-state index in [4.69, 9.17) is 0 Å². The molecule has 2 fully saturated rings. The van der Waals surface area contributed by atoms with Gasteiger partial charge in [0, 0.05) is 26.1 Å². The lowest BCUT2D eigenvalue weighted by Gasteiger charge is -2.37. The number of benzene rings is 1. The molecule has 3 rings (SSSR count). The third-order valence-corrected chi connectivity index (χ3v) is 4.95. The number of likely N-dealkylation sites (tertiary alicyclic amines) is 1. The highest BCUT2D eigenvalue weighted by molar-refractivity contribution is 5.76. The topological polar surface area (TPSA) is 32.3 Å². The summed E-state index contributed by atoms with van der Waals surface area (Å²) in [4.78, 5) is 13.9. The lowest BCUT2D eigenvalue weighted by atomic mass is 9.82. The number of alkyl halides is 3. The van der Waals surface area contributed by atoms with E-state index in [9.17, 15) is 18.0 Å². The van der Waals surface area contributed by atoms with Gasteiger partial charge in [0.15, 0.2) is 0 Å². The summed E-state index contributed by atoms with van der Waals surface area (Å²) in [6, 6.07) is 5.42. The van der Waals surface area contributed by atoms with Crippen LogP contribution in [0.3, 0.4) is 0 Å². The van der Waals surface area contributed by atoms with Gasteiger partial charge in [-0.15, -0.1) is 0 Å². The predicted molar refractivity (Wildman–Crippen MR) is 80.6 cm³/mol. The lowest BCUT2D eigenvalue weighted by molar-refractivity contribution is -0.137. The first-order chi connectivity index (χ1) is 10.9. The summed E-state index contributed by atoms with van der Waals surface area (Å²) >= 11 is 0. The lowest BCUT2D eigenvalue weighted by Crippen LogP contribution is -2.40. The molecule has 2 aliphatic heterocycles. The van der Waals surface area contributed by atoms with Crippen molar-refractivity contribution in [2.45, 2.75) is 32.0 Å². The van der Waals surface area contributed by atoms with Gasteiger partial charge in [0.25, 0.3) is 0 Å². The normalized spacial score (nSPS) is 26.3. The van der Waals surface area contributed by atoms with Crippen LogP contribution in [0.4, 0.5) is 13.2 Å². The van der Waals surface area contributed by atoms with Crippen molar-refractivity contribution >= 4 is 5.91 Å². The molecule has 6 heteroatoms. The van der Waals surface area contributed by atoms with E-state index < -0.39 is 11.7 Å². The minimum Gasteiger partial charge on any atom is -0.356 e. The van der Waals surface area contributed by atoms with Gasteiger partial charge in [-0.25, -0.2) is 0 Å². The molecule has 0 aromatic heterocycles. The number of piperidine rings is 1. The fraction of sp³-hybridized carbons (Fsp3) is 0.588. The number of amides is 1. The number of hydrogen-bond donors (Lipinski definition) is 1. The van der Waals surface area contributed by atoms with Crippen molar-refractivity contribution < 1.29 is 18.0 Å². The third-order valence-electron chi connectivity index (χ3n) is 4.95. The third kappa shape index (κ3) is 4.05. The van der Waals surface area contributed by atoms with E-state index in [-0.39, 0.29) is 5.91 Å². The fourth-order valence-corrected chi connectivity index (χ4v) is 3.66. The van der Waals surface area contributed by atoms with E-state index in [0.717, 1.165) is 50.2 Å². The van der Waals surface area contributed by atoms with Crippen LogP contribution in [0.1, 0.15) is 30.4 Å². The van der Waals surface area contributed by atoms with E-state index in [2.05, 4.69) is 10.2 Å². The first kappa shape index (κ1) is 16.3. The average Bonchev–Trinajstić information content (AvgIpc) is 2.67. The second-order valence-corrected chi connectivity index (χ2v) is 6.58. The van der Waals surface area contributed by atoms with Crippen molar-refractivity contribution in [3.63, 3.8) is 0 Å². The van der Waals surface area contributed by atoms with E-state index in [1.54, 1.807) is 12.1 Å². The quantitative estimate of drug-likeness (QED) is 0.906. The Morgan fingerprint density at radius 2 is 1.87 bits per heavy atom. The molecule has 3 nitrogen and oxygen atoms in total. The van der Waals surface area contributed by atoms with Gasteiger partial charge in [-0.2, -0.15) is 13.2 Å². The van der Waals surface area contributed by atoms with Crippen molar-refractivity contribution in [2.24, 2.45) is 11.8 Å². The largest absolute Gasteiger partial charge is 0.416 e. The minimum absolute atomic E-state index is 0.147. The average molecular weight is 326 g/mol. The highest BCUT2D eigenvalue weighted by Gasteiger charge is 2.33. The Hall–Kier alpha value is -1.56. The molecule has 1 aromatic rings. The van der Waals surface area contributed by atoms with Crippen LogP contribution in [0.2, 0.25) is 0 Å². The van der Waals surface area contributed by atoms with Crippen LogP contribution in [-0.4, -0.2) is 30.4 Å². The second-order valence-electron chi connectivity index (χ2n) is 6.58. The van der Waals surface area contributed by atoms with Gasteiger partial charge >= 0.3 is 6.18 Å². The maximum atomic E-state index is 12.6. The molecule has 0 spiro atoms. The van der Waals surface area contributed by atoms with Crippen molar-refractivity contribution in [1.82, 2.24) is 10.2 Å². The van der Waals surface area contributed by atoms with Crippen LogP contribution in [0.15, 0.2) is 24.3 Å². The number of rotatable bonds is 2. The van der Waals surface area contributed by atoms with Gasteiger partial charge in [0.2, 0.25) is 5.91 Å². The van der Waals surface area contributed by atoms with Crippen LogP contribution >= 0.6 is 0 Å². The molecule has 0 radical (unpaired) electrons. The van der Waals surface area contributed by atoms with Gasteiger partial charge in [-0.1, -0.05) is 12.1 Å². The maximum absolute atomic E-state index is 12.6. The zero-order valence-corrected chi connectivity index (χ0v) is 12.9. The van der Waals surface area contributed by atoms with Crippen molar-refractivity contribution in [2.75, 3.05) is 19.6 Å². The standard InChI is InChI=1S/C17H21F3N2O/c18-17(19,20)15-3-1-12(2-4-15)10-22-8-6-13-9-16(23)21-7-5-14(13)11-22/h1-4,13-14H,5-11H2,(H,21,23). The monoisotopic (exact) mass is 326 g/mol. The molecule has 0 bridgehead atoms. The number of fused-ring (bicyclic) bond motifs is 1. The molecule has 2 atom stereocenters. The Morgan fingerprint density at radius 3 is 2.57 bits per heavy atom. The Kier molecular flexibility index (Phi) is 4.62. The summed E-state index contributed by atoms with van der Waals surface area (Å²) in [6.07, 6.45) is -1.70. The van der Waals surface area contributed by atoms with Crippen LogP contribution in [-0.2, 0) is 17.5 Å². The molecule has 2 heterocycles. The highest BCUT2D eigenvalue weighted by Crippen LogP contribution is 2.32. The van der Waals surface area contributed by atoms with E-state index in [1.165, 1.54) is 0 Å². The second kappa shape index (κ2) is 6.51. The van der Waals surface area contributed by atoms with Crippen molar-refractivity contribution in [3.8, 4) is 0 Å². The Labute approximate surface area is 133 Å². The number of halogens is 3. The number of hydrogen-bond acceptors (Lipinski definition) is 2. The smallest absolute Gasteiger partial charge is 0.356 e. The van der Waals surface area contributed by atoms with Gasteiger partial charge in [0.05, 0.1) is 5.56 Å². The molecule has 1 amide bonds. The first-order valence-corrected chi connectivity index (χ1v) is 8.07. The van der Waals surface area contributed by atoms with Crippen LogP contribution in [0, 0.1) is 11.8 Å². The van der Waals surface area contributed by atoms with Crippen LogP contribution in [0.5, 0.6) is 0 Å². The van der Waals surface area contributed by atoms with Gasteiger partial charge in [-0.3, -0.25) is 9.69 Å². The number of carbonyl (C=O) groups excluding carboxylic acids is 1. The summed E-state index contributed by atoms with van der Waals surface area (Å²) in [5.41, 5.74) is 0.299. The van der Waals surface area contributed by atoms with E-state index in [1.807, 2.05) is 0 Å². The number of nitrogens with zero attached hydrogens (tertiary/aromatic N) is 1. The molecule has 2 aliphatic rings. The van der Waals surface area contributed by atoms with Crippen LogP contribution in [0.25, 0.3) is 0 Å². The van der Waals surface area contributed by atoms with Gasteiger partial charge in [-0.05, 0) is 48.9 Å². The zero-order valence-electron chi connectivity index (χ0n) is 12.9. The molecule has 0 saturated carbocycles. The zero-order chi connectivity index (χ0) is 16.4. The van der Waals surface area contributed by atoms with Crippen LogP contribution < -0.4 is 5.32 Å². The first-order valence-electron chi connectivity index (χ1n) is 8.07. The SMILES string of the molecule is O=C1CC2CCN(Cc3ccc(C(F)(F)F)cc3)CC2CCN1. The Bertz CT molecular complexity index is 556. The molecular weight excluding hydrogens is 305 g/mol. The van der Waals surface area contributed by atoms with E-state index >= 15 is 0 Å². The number of nitrogens with one attached hydrogen (secondary N) is 1. The van der Waals surface area contributed by atoms with E-state index in [0.29, 0.717) is 24.8 Å². The molecule has 2 saturated heterocycles. The molecular formula is C17H21F3N2O. The molecule has 1 N–H and O–H groups in total. The summed E-state index contributed by atoms with van der Waals surface area (Å²) in [7, 11) is 0. The molecule has 2 unspecified atom stereocenters. The summed E-state index contributed by atoms with van der Waals surface area (Å²) < 4.78 is 37.8. The van der Waals surface area contributed by atoms with Crippen molar-refractivity contribution in [3.05, 3.63) is 35.4 Å².